The fourth-order valence-corrected chi connectivity index (χ4v) is 5.28. The molecule has 3 rings (SSSR count). The first-order valence-corrected chi connectivity index (χ1v) is 10.3. The molecule has 2 saturated carbocycles. The first-order chi connectivity index (χ1) is 10.8. The molecule has 0 unspecified atom stereocenters. The van der Waals surface area contributed by atoms with Crippen LogP contribution in [0.3, 0.4) is 0 Å². The van der Waals surface area contributed by atoms with Crippen molar-refractivity contribution >= 4 is 41.7 Å². The van der Waals surface area contributed by atoms with E-state index in [4.69, 9.17) is 10.7 Å². The van der Waals surface area contributed by atoms with E-state index < -0.39 is 0 Å². The number of halogens is 1. The second-order valence-electron chi connectivity index (χ2n) is 7.21. The van der Waals surface area contributed by atoms with E-state index in [1.165, 1.54) is 82.4 Å². The summed E-state index contributed by atoms with van der Waals surface area (Å²) in [7, 11) is 0. The van der Waals surface area contributed by atoms with Crippen LogP contribution in [0, 0.1) is 0 Å². The molecular weight excluding hydrogens is 419 g/mol. The van der Waals surface area contributed by atoms with Crippen molar-refractivity contribution in [2.75, 3.05) is 31.1 Å². The number of nitrogens with zero attached hydrogens (tertiary/aromatic N) is 2. The van der Waals surface area contributed by atoms with Gasteiger partial charge >= 0.3 is 0 Å². The minimum atomic E-state index is 0. The van der Waals surface area contributed by atoms with Gasteiger partial charge in [0.2, 0.25) is 0 Å². The topological polar surface area (TPSA) is 53.6 Å². The van der Waals surface area contributed by atoms with Crippen LogP contribution in [-0.2, 0) is 0 Å². The van der Waals surface area contributed by atoms with Crippen molar-refractivity contribution in [3.63, 3.8) is 0 Å². The Balaban J connectivity index is 0.00000192. The van der Waals surface area contributed by atoms with Gasteiger partial charge in [-0.05, 0) is 25.7 Å². The maximum atomic E-state index is 6.18. The maximum absolute atomic E-state index is 6.18. The van der Waals surface area contributed by atoms with Gasteiger partial charge in [-0.2, -0.15) is 11.8 Å². The van der Waals surface area contributed by atoms with Crippen molar-refractivity contribution < 1.29 is 0 Å². The number of hydrogen-bond acceptors (Lipinski definition) is 3. The van der Waals surface area contributed by atoms with Gasteiger partial charge in [0.25, 0.3) is 0 Å². The van der Waals surface area contributed by atoms with Gasteiger partial charge in [-0.25, -0.2) is 0 Å². The van der Waals surface area contributed by atoms with E-state index >= 15 is 0 Å². The average molecular weight is 452 g/mol. The van der Waals surface area contributed by atoms with Crippen molar-refractivity contribution in [1.82, 2.24) is 10.2 Å². The molecule has 0 amide bonds. The van der Waals surface area contributed by atoms with Crippen LogP contribution in [0.1, 0.15) is 57.8 Å². The lowest BCUT2D eigenvalue weighted by Gasteiger charge is -2.47. The molecule has 134 valence electrons. The Kier molecular flexibility index (Phi) is 8.28. The Morgan fingerprint density at radius 2 is 1.74 bits per heavy atom. The van der Waals surface area contributed by atoms with Crippen molar-refractivity contribution in [2.24, 2.45) is 10.7 Å². The normalized spacial score (nSPS) is 26.7. The quantitative estimate of drug-likeness (QED) is 0.391. The van der Waals surface area contributed by atoms with E-state index in [0.29, 0.717) is 17.5 Å². The molecule has 3 N–H and O–H groups in total. The van der Waals surface area contributed by atoms with Gasteiger partial charge in [-0.15, -0.1) is 24.0 Å². The summed E-state index contributed by atoms with van der Waals surface area (Å²) in [6.45, 7) is 3.36. The molecule has 23 heavy (non-hydrogen) atoms. The Morgan fingerprint density at radius 3 is 2.39 bits per heavy atom. The highest BCUT2D eigenvalue weighted by molar-refractivity contribution is 14.0. The van der Waals surface area contributed by atoms with Gasteiger partial charge < -0.3 is 11.1 Å². The maximum Gasteiger partial charge on any atom is 0.188 e. The molecule has 1 saturated heterocycles. The fourth-order valence-electron chi connectivity index (χ4n) is 4.38. The number of hydrogen-bond donors (Lipinski definition) is 2. The molecule has 0 atom stereocenters. The van der Waals surface area contributed by atoms with E-state index in [2.05, 4.69) is 22.0 Å². The third-order valence-electron chi connectivity index (χ3n) is 5.72. The lowest BCUT2D eigenvalue weighted by atomic mass is 9.80. The van der Waals surface area contributed by atoms with Crippen LogP contribution >= 0.6 is 35.7 Å². The summed E-state index contributed by atoms with van der Waals surface area (Å²) in [5.74, 6) is 3.24. The molecule has 3 aliphatic rings. The highest BCUT2D eigenvalue weighted by Crippen LogP contribution is 2.35. The zero-order valence-corrected chi connectivity index (χ0v) is 17.4. The molecule has 0 radical (unpaired) electrons. The molecule has 0 aromatic heterocycles. The molecule has 0 aromatic carbocycles. The van der Waals surface area contributed by atoms with E-state index in [1.807, 2.05) is 0 Å². The van der Waals surface area contributed by atoms with E-state index in [-0.39, 0.29) is 24.0 Å². The molecule has 0 bridgehead atoms. The second-order valence-corrected chi connectivity index (χ2v) is 8.44. The van der Waals surface area contributed by atoms with Crippen LogP contribution in [0.2, 0.25) is 0 Å². The number of rotatable bonds is 4. The summed E-state index contributed by atoms with van der Waals surface area (Å²) < 4.78 is 0. The van der Waals surface area contributed by atoms with Crippen LogP contribution in [0.5, 0.6) is 0 Å². The molecule has 3 fully saturated rings. The predicted molar refractivity (Wildman–Crippen MR) is 112 cm³/mol. The Labute approximate surface area is 162 Å². The second kappa shape index (κ2) is 9.70. The van der Waals surface area contributed by atoms with Gasteiger partial charge in [0.05, 0.1) is 6.54 Å². The highest BCUT2D eigenvalue weighted by atomic mass is 127. The van der Waals surface area contributed by atoms with Crippen molar-refractivity contribution in [3.8, 4) is 0 Å². The lowest BCUT2D eigenvalue weighted by molar-refractivity contribution is 0.0672. The van der Waals surface area contributed by atoms with Crippen molar-refractivity contribution in [1.29, 1.82) is 0 Å². The third-order valence-corrected chi connectivity index (χ3v) is 6.66. The third kappa shape index (κ3) is 5.39. The molecular formula is C17H33IN4S. The van der Waals surface area contributed by atoms with Crippen molar-refractivity contribution in [2.45, 2.75) is 69.4 Å². The van der Waals surface area contributed by atoms with Crippen LogP contribution in [-0.4, -0.2) is 53.6 Å². The van der Waals surface area contributed by atoms with Gasteiger partial charge in [0, 0.05) is 36.2 Å². The minimum absolute atomic E-state index is 0. The summed E-state index contributed by atoms with van der Waals surface area (Å²) in [6, 6.07) is 0.567. The van der Waals surface area contributed by atoms with Gasteiger partial charge in [0.15, 0.2) is 5.96 Å². The largest absolute Gasteiger partial charge is 0.370 e. The molecule has 1 heterocycles. The van der Waals surface area contributed by atoms with Crippen molar-refractivity contribution in [3.05, 3.63) is 0 Å². The number of thioether (sulfide) groups is 1. The smallest absolute Gasteiger partial charge is 0.188 e. The Morgan fingerprint density at radius 1 is 1.09 bits per heavy atom. The number of guanidine groups is 1. The molecule has 6 heteroatoms. The average Bonchev–Trinajstić information content (AvgIpc) is 3.08. The zero-order chi connectivity index (χ0) is 15.3. The van der Waals surface area contributed by atoms with Crippen LogP contribution in [0.15, 0.2) is 4.99 Å². The molecule has 1 aliphatic heterocycles. The summed E-state index contributed by atoms with van der Waals surface area (Å²) in [5.41, 5.74) is 6.47. The van der Waals surface area contributed by atoms with E-state index in [1.54, 1.807) is 0 Å². The molecule has 0 aromatic rings. The van der Waals surface area contributed by atoms with Gasteiger partial charge in [-0.3, -0.25) is 9.89 Å². The van der Waals surface area contributed by atoms with E-state index in [9.17, 15) is 0 Å². The minimum Gasteiger partial charge on any atom is -0.370 e. The molecule has 0 spiro atoms. The van der Waals surface area contributed by atoms with Gasteiger partial charge in [-0.1, -0.05) is 32.1 Å². The zero-order valence-electron chi connectivity index (χ0n) is 14.3. The molecule has 2 aliphatic carbocycles. The number of nitrogens with one attached hydrogen (secondary N) is 1. The Bertz CT molecular complexity index is 373. The lowest BCUT2D eigenvalue weighted by Crippen LogP contribution is -2.55. The highest BCUT2D eigenvalue weighted by Gasteiger charge is 2.38. The predicted octanol–water partition coefficient (Wildman–Crippen LogP) is 3.20. The summed E-state index contributed by atoms with van der Waals surface area (Å²) in [5, 5.41) is 3.44. The Hall–Kier alpha value is 0.310. The standard InChI is InChI=1S/C17H32N4S.HI/c18-16(20-15-6-2-3-7-15)19-14-17(8-4-1-5-9-17)21-10-12-22-13-11-21;/h15H,1-14H2,(H3,18,19,20);1H. The monoisotopic (exact) mass is 452 g/mol. The number of nitrogens with two attached hydrogens (primary N) is 1. The first-order valence-electron chi connectivity index (χ1n) is 9.18. The fraction of sp³-hybridized carbons (Fsp3) is 0.941. The SMILES string of the molecule is I.NC(=NCC1(N2CCSCC2)CCCCC1)NC1CCCC1. The van der Waals surface area contributed by atoms with Gasteiger partial charge in [0.1, 0.15) is 0 Å². The summed E-state index contributed by atoms with van der Waals surface area (Å²) in [6.07, 6.45) is 11.9. The van der Waals surface area contributed by atoms with Crippen LogP contribution in [0.25, 0.3) is 0 Å². The number of aliphatic imine (C=N–C) groups is 1. The summed E-state index contributed by atoms with van der Waals surface area (Å²) in [4.78, 5) is 7.52. The van der Waals surface area contributed by atoms with Crippen LogP contribution < -0.4 is 11.1 Å². The molecule has 4 nitrogen and oxygen atoms in total. The first kappa shape index (κ1) is 19.6. The van der Waals surface area contributed by atoms with Crippen LogP contribution in [0.4, 0.5) is 0 Å². The summed E-state index contributed by atoms with van der Waals surface area (Å²) >= 11 is 2.09. The van der Waals surface area contributed by atoms with E-state index in [0.717, 1.165) is 6.54 Å².